The van der Waals surface area contributed by atoms with Gasteiger partial charge in [0.25, 0.3) is 0 Å². The van der Waals surface area contributed by atoms with Gasteiger partial charge in [0.05, 0.1) is 16.8 Å². The SMILES string of the molecule is Oc1ccccc1C1CC(c2ccc(Cl)cc2Cl)=NN1. The predicted octanol–water partition coefficient (Wildman–Crippen LogP) is 4.14. The number of hydrogen-bond acceptors (Lipinski definition) is 3. The lowest BCUT2D eigenvalue weighted by molar-refractivity contribution is 0.455. The highest BCUT2D eigenvalue weighted by molar-refractivity contribution is 6.37. The Balaban J connectivity index is 1.85. The van der Waals surface area contributed by atoms with Gasteiger partial charge in [0.1, 0.15) is 5.75 Å². The Morgan fingerprint density at radius 3 is 2.70 bits per heavy atom. The number of benzene rings is 2. The Hall–Kier alpha value is -1.71. The summed E-state index contributed by atoms with van der Waals surface area (Å²) in [5.41, 5.74) is 5.59. The molecule has 1 aliphatic rings. The first-order chi connectivity index (χ1) is 9.65. The number of hydrazone groups is 1. The minimum atomic E-state index is -0.0436. The molecular formula is C15H12Cl2N2O. The van der Waals surface area contributed by atoms with Crippen molar-refractivity contribution in [2.45, 2.75) is 12.5 Å². The molecule has 2 N–H and O–H groups in total. The van der Waals surface area contributed by atoms with Gasteiger partial charge in [0.15, 0.2) is 0 Å². The summed E-state index contributed by atoms with van der Waals surface area (Å²) < 4.78 is 0. The minimum Gasteiger partial charge on any atom is -0.508 e. The molecule has 20 heavy (non-hydrogen) atoms. The molecule has 3 nitrogen and oxygen atoms in total. The highest BCUT2D eigenvalue weighted by Gasteiger charge is 2.24. The first kappa shape index (κ1) is 13.3. The molecule has 0 saturated carbocycles. The van der Waals surface area contributed by atoms with Crippen molar-refractivity contribution in [1.82, 2.24) is 5.43 Å². The van der Waals surface area contributed by atoms with Crippen LogP contribution in [0.1, 0.15) is 23.6 Å². The van der Waals surface area contributed by atoms with Crippen molar-refractivity contribution in [2.75, 3.05) is 0 Å². The van der Waals surface area contributed by atoms with E-state index in [1.165, 1.54) is 0 Å². The van der Waals surface area contributed by atoms with Gasteiger partial charge in [0.2, 0.25) is 0 Å². The Labute approximate surface area is 126 Å². The summed E-state index contributed by atoms with van der Waals surface area (Å²) in [4.78, 5) is 0. The Kier molecular flexibility index (Phi) is 3.55. The standard InChI is InChI=1S/C15H12Cl2N2O/c16-9-5-6-10(12(17)7-9)13-8-14(19-18-13)11-3-1-2-4-15(11)20/h1-7,14,19-20H,8H2. The highest BCUT2D eigenvalue weighted by atomic mass is 35.5. The van der Waals surface area contributed by atoms with Crippen LogP contribution in [0.4, 0.5) is 0 Å². The number of hydrogen-bond donors (Lipinski definition) is 2. The summed E-state index contributed by atoms with van der Waals surface area (Å²) in [7, 11) is 0. The average molecular weight is 307 g/mol. The molecule has 0 amide bonds. The molecule has 0 bridgehead atoms. The van der Waals surface area contributed by atoms with E-state index >= 15 is 0 Å². The molecule has 0 aliphatic carbocycles. The normalized spacial score (nSPS) is 17.7. The number of aromatic hydroxyl groups is 1. The van der Waals surface area contributed by atoms with E-state index in [1.807, 2.05) is 18.2 Å². The monoisotopic (exact) mass is 306 g/mol. The zero-order valence-corrected chi connectivity index (χ0v) is 12.0. The zero-order chi connectivity index (χ0) is 14.1. The molecule has 0 spiro atoms. The van der Waals surface area contributed by atoms with E-state index in [1.54, 1.807) is 24.3 Å². The number of nitrogens with zero attached hydrogens (tertiary/aromatic N) is 1. The number of rotatable bonds is 2. The van der Waals surface area contributed by atoms with Crippen LogP contribution in [0, 0.1) is 0 Å². The predicted molar refractivity (Wildman–Crippen MR) is 81.6 cm³/mol. The van der Waals surface area contributed by atoms with E-state index in [2.05, 4.69) is 10.5 Å². The lowest BCUT2D eigenvalue weighted by atomic mass is 9.98. The number of phenols is 1. The summed E-state index contributed by atoms with van der Waals surface area (Å²) in [6, 6.07) is 12.6. The Morgan fingerprint density at radius 2 is 1.95 bits per heavy atom. The topological polar surface area (TPSA) is 44.6 Å². The zero-order valence-electron chi connectivity index (χ0n) is 10.5. The molecule has 1 atom stereocenters. The maximum atomic E-state index is 9.88. The van der Waals surface area contributed by atoms with Crippen LogP contribution in [-0.2, 0) is 0 Å². The van der Waals surface area contributed by atoms with Gasteiger partial charge < -0.3 is 10.5 Å². The highest BCUT2D eigenvalue weighted by Crippen LogP contribution is 2.32. The van der Waals surface area contributed by atoms with Gasteiger partial charge in [-0.05, 0) is 18.2 Å². The number of halogens is 2. The number of para-hydroxylation sites is 1. The largest absolute Gasteiger partial charge is 0.508 e. The van der Waals surface area contributed by atoms with E-state index < -0.39 is 0 Å². The fourth-order valence-corrected chi connectivity index (χ4v) is 2.81. The van der Waals surface area contributed by atoms with Gasteiger partial charge >= 0.3 is 0 Å². The first-order valence-electron chi connectivity index (χ1n) is 6.20. The number of nitrogens with one attached hydrogen (secondary N) is 1. The Bertz CT molecular complexity index is 685. The van der Waals surface area contributed by atoms with Gasteiger partial charge in [-0.1, -0.05) is 47.5 Å². The molecule has 0 radical (unpaired) electrons. The van der Waals surface area contributed by atoms with Crippen molar-refractivity contribution in [3.63, 3.8) is 0 Å². The molecule has 102 valence electrons. The third-order valence-electron chi connectivity index (χ3n) is 3.31. The lowest BCUT2D eigenvalue weighted by Crippen LogP contribution is -2.10. The second-order valence-corrected chi connectivity index (χ2v) is 5.47. The van der Waals surface area contributed by atoms with Crippen molar-refractivity contribution in [2.24, 2.45) is 5.10 Å². The van der Waals surface area contributed by atoms with E-state index in [-0.39, 0.29) is 11.8 Å². The molecule has 2 aromatic rings. The van der Waals surface area contributed by atoms with Crippen LogP contribution < -0.4 is 5.43 Å². The van der Waals surface area contributed by atoms with Crippen LogP contribution in [0.3, 0.4) is 0 Å². The molecular weight excluding hydrogens is 295 g/mol. The van der Waals surface area contributed by atoms with Crippen molar-refractivity contribution in [3.05, 3.63) is 63.6 Å². The fraction of sp³-hybridized carbons (Fsp3) is 0.133. The van der Waals surface area contributed by atoms with Gasteiger partial charge in [-0.15, -0.1) is 0 Å². The van der Waals surface area contributed by atoms with Crippen molar-refractivity contribution in [3.8, 4) is 5.75 Å². The molecule has 1 aliphatic heterocycles. The van der Waals surface area contributed by atoms with Crippen LogP contribution >= 0.6 is 23.2 Å². The van der Waals surface area contributed by atoms with Crippen molar-refractivity contribution < 1.29 is 5.11 Å². The van der Waals surface area contributed by atoms with Crippen molar-refractivity contribution in [1.29, 1.82) is 0 Å². The van der Waals surface area contributed by atoms with E-state index in [0.717, 1.165) is 16.8 Å². The van der Waals surface area contributed by atoms with Crippen LogP contribution in [0.25, 0.3) is 0 Å². The van der Waals surface area contributed by atoms with Gasteiger partial charge in [-0.25, -0.2) is 0 Å². The van der Waals surface area contributed by atoms with Gasteiger partial charge in [0, 0.05) is 22.6 Å². The smallest absolute Gasteiger partial charge is 0.120 e. The quantitative estimate of drug-likeness (QED) is 0.876. The third kappa shape index (κ3) is 2.47. The number of phenolic OH excluding ortho intramolecular Hbond substituents is 1. The van der Waals surface area contributed by atoms with Crippen LogP contribution in [0.2, 0.25) is 10.0 Å². The fourth-order valence-electron chi connectivity index (χ4n) is 2.30. The molecule has 0 saturated heterocycles. The van der Waals surface area contributed by atoms with Crippen molar-refractivity contribution >= 4 is 28.9 Å². The van der Waals surface area contributed by atoms with E-state index in [9.17, 15) is 5.11 Å². The lowest BCUT2D eigenvalue weighted by Gasteiger charge is -2.11. The maximum Gasteiger partial charge on any atom is 0.120 e. The minimum absolute atomic E-state index is 0.0436. The molecule has 1 heterocycles. The molecule has 1 unspecified atom stereocenters. The second-order valence-electron chi connectivity index (χ2n) is 4.63. The first-order valence-corrected chi connectivity index (χ1v) is 6.96. The Morgan fingerprint density at radius 1 is 1.15 bits per heavy atom. The summed E-state index contributed by atoms with van der Waals surface area (Å²) in [5, 5.41) is 15.4. The summed E-state index contributed by atoms with van der Waals surface area (Å²) in [6.45, 7) is 0. The van der Waals surface area contributed by atoms with E-state index in [4.69, 9.17) is 23.2 Å². The van der Waals surface area contributed by atoms with E-state index in [0.29, 0.717) is 16.5 Å². The van der Waals surface area contributed by atoms with Gasteiger partial charge in [-0.3, -0.25) is 0 Å². The summed E-state index contributed by atoms with van der Waals surface area (Å²) in [5.74, 6) is 0.267. The summed E-state index contributed by atoms with van der Waals surface area (Å²) >= 11 is 12.1. The molecule has 0 aromatic heterocycles. The maximum absolute atomic E-state index is 9.88. The van der Waals surface area contributed by atoms with Gasteiger partial charge in [-0.2, -0.15) is 5.10 Å². The van der Waals surface area contributed by atoms with Crippen LogP contribution in [0.15, 0.2) is 47.6 Å². The van der Waals surface area contributed by atoms with Crippen LogP contribution in [0.5, 0.6) is 5.75 Å². The molecule has 0 fully saturated rings. The summed E-state index contributed by atoms with van der Waals surface area (Å²) in [6.07, 6.45) is 0.666. The third-order valence-corrected chi connectivity index (χ3v) is 3.85. The average Bonchev–Trinajstić information content (AvgIpc) is 2.88. The molecule has 3 rings (SSSR count). The second kappa shape index (κ2) is 5.35. The van der Waals surface area contributed by atoms with Crippen LogP contribution in [-0.4, -0.2) is 10.8 Å². The molecule has 5 heteroatoms. The molecule has 2 aromatic carbocycles.